The second kappa shape index (κ2) is 13.7. The summed E-state index contributed by atoms with van der Waals surface area (Å²) in [5, 5.41) is 3.07. The summed E-state index contributed by atoms with van der Waals surface area (Å²) in [5.74, 6) is -0.593. The van der Waals surface area contributed by atoms with E-state index in [-0.39, 0.29) is 37.0 Å². The van der Waals surface area contributed by atoms with Gasteiger partial charge in [-0.05, 0) is 66.1 Å². The highest BCUT2D eigenvalue weighted by Crippen LogP contribution is 2.31. The first-order chi connectivity index (χ1) is 18.2. The molecule has 0 aliphatic heterocycles. The van der Waals surface area contributed by atoms with Gasteiger partial charge in [0.25, 0.3) is 5.56 Å². The number of carbonyl (C=O) groups excluding carboxylic acids is 2. The molecule has 1 heterocycles. The quantitative estimate of drug-likeness (QED) is 0.265. The molecule has 3 aromatic rings. The molecule has 202 valence electrons. The van der Waals surface area contributed by atoms with Crippen molar-refractivity contribution >= 4 is 11.9 Å². The van der Waals surface area contributed by atoms with Crippen LogP contribution in [0.1, 0.15) is 55.5 Å². The Morgan fingerprint density at radius 3 is 2.32 bits per heavy atom. The molecular weight excluding hydrogens is 480 g/mol. The van der Waals surface area contributed by atoms with Gasteiger partial charge >= 0.3 is 5.97 Å². The van der Waals surface area contributed by atoms with Crippen LogP contribution in [0.15, 0.2) is 71.7 Å². The number of esters is 1. The summed E-state index contributed by atoms with van der Waals surface area (Å²) in [6.07, 6.45) is 2.05. The van der Waals surface area contributed by atoms with Crippen molar-refractivity contribution in [1.82, 2.24) is 9.88 Å². The summed E-state index contributed by atoms with van der Waals surface area (Å²) < 4.78 is 11.8. The van der Waals surface area contributed by atoms with E-state index in [0.717, 1.165) is 27.8 Å². The molecule has 38 heavy (non-hydrogen) atoms. The van der Waals surface area contributed by atoms with Crippen LogP contribution in [0.25, 0.3) is 11.1 Å². The first-order valence-electron chi connectivity index (χ1n) is 13.0. The molecule has 2 atom stereocenters. The first-order valence-corrected chi connectivity index (χ1v) is 13.0. The van der Waals surface area contributed by atoms with Crippen molar-refractivity contribution in [2.45, 2.75) is 52.6 Å². The van der Waals surface area contributed by atoms with Crippen LogP contribution in [0.5, 0.6) is 0 Å². The number of pyridine rings is 1. The summed E-state index contributed by atoms with van der Waals surface area (Å²) in [6, 6.07) is 17.5. The highest BCUT2D eigenvalue weighted by atomic mass is 16.6. The highest BCUT2D eigenvalue weighted by Gasteiger charge is 2.27. The fraction of sp³-hybridized carbons (Fsp3) is 0.387. The van der Waals surface area contributed by atoms with E-state index < -0.39 is 18.1 Å². The number of hydrogen-bond acceptors (Lipinski definition) is 5. The number of ether oxygens (including phenoxy) is 2. The molecule has 0 spiro atoms. The van der Waals surface area contributed by atoms with Crippen LogP contribution in [0.2, 0.25) is 0 Å². The first kappa shape index (κ1) is 28.9. The van der Waals surface area contributed by atoms with E-state index in [0.29, 0.717) is 6.42 Å². The average Bonchev–Trinajstić information content (AvgIpc) is 2.88. The van der Waals surface area contributed by atoms with E-state index in [9.17, 15) is 14.4 Å². The highest BCUT2D eigenvalue weighted by molar-refractivity contribution is 5.82. The second-order valence-corrected chi connectivity index (χ2v) is 9.96. The minimum atomic E-state index is -0.711. The van der Waals surface area contributed by atoms with E-state index in [1.807, 2.05) is 51.1 Å². The van der Waals surface area contributed by atoms with E-state index in [1.165, 1.54) is 17.7 Å². The van der Waals surface area contributed by atoms with Gasteiger partial charge in [0, 0.05) is 19.4 Å². The predicted octanol–water partition coefficient (Wildman–Crippen LogP) is 5.16. The fourth-order valence-corrected chi connectivity index (χ4v) is 4.50. The smallest absolute Gasteiger partial charge is 0.308 e. The van der Waals surface area contributed by atoms with Gasteiger partial charge in [0.1, 0.15) is 12.6 Å². The molecule has 0 aliphatic carbocycles. The maximum Gasteiger partial charge on any atom is 0.308 e. The zero-order valence-electron chi connectivity index (χ0n) is 22.9. The molecule has 7 nitrogen and oxygen atoms in total. The third-order valence-corrected chi connectivity index (χ3v) is 6.52. The normalized spacial score (nSPS) is 12.7. The standard InChI is InChI=1S/C31H38N2O5/c1-21(2)18-28(33-15-9-8-12-29(33)34)31(36)32-27(20-30(35)38-17-16-37-5)24-14-13-23(4)26(19-24)25-11-7-6-10-22(25)3/h6-15,19,21,27-28H,16-18,20H2,1-5H3,(H,32,36). The lowest BCUT2D eigenvalue weighted by Gasteiger charge is -2.26. The third kappa shape index (κ3) is 7.65. The van der Waals surface area contributed by atoms with Crippen LogP contribution in [0.4, 0.5) is 0 Å². The van der Waals surface area contributed by atoms with Gasteiger partial charge in [-0.1, -0.05) is 56.3 Å². The second-order valence-electron chi connectivity index (χ2n) is 9.96. The lowest BCUT2D eigenvalue weighted by atomic mass is 9.92. The van der Waals surface area contributed by atoms with Crippen LogP contribution in [0.3, 0.4) is 0 Å². The molecule has 2 aromatic carbocycles. The lowest BCUT2D eigenvalue weighted by molar-refractivity contribution is -0.145. The number of nitrogens with zero attached hydrogens (tertiary/aromatic N) is 1. The number of amides is 1. The van der Waals surface area contributed by atoms with Crippen LogP contribution >= 0.6 is 0 Å². The fourth-order valence-electron chi connectivity index (χ4n) is 4.50. The molecule has 2 unspecified atom stereocenters. The van der Waals surface area contributed by atoms with Gasteiger partial charge in [0.2, 0.25) is 5.91 Å². The summed E-state index contributed by atoms with van der Waals surface area (Å²) >= 11 is 0. The maximum absolute atomic E-state index is 13.7. The molecule has 0 radical (unpaired) electrons. The Kier molecular flexibility index (Phi) is 10.4. The van der Waals surface area contributed by atoms with Gasteiger partial charge < -0.3 is 19.4 Å². The van der Waals surface area contributed by atoms with Gasteiger partial charge in [0.15, 0.2) is 0 Å². The number of carbonyl (C=O) groups is 2. The Balaban J connectivity index is 1.98. The minimum Gasteiger partial charge on any atom is -0.463 e. The largest absolute Gasteiger partial charge is 0.463 e. The molecule has 0 saturated carbocycles. The number of aryl methyl sites for hydroxylation is 2. The molecule has 0 fully saturated rings. The molecule has 7 heteroatoms. The molecule has 3 rings (SSSR count). The molecule has 0 bridgehead atoms. The number of nitrogens with one attached hydrogen (secondary N) is 1. The van der Waals surface area contributed by atoms with Crippen molar-refractivity contribution in [3.05, 3.63) is 93.9 Å². The van der Waals surface area contributed by atoms with Crippen molar-refractivity contribution in [3.8, 4) is 11.1 Å². The third-order valence-electron chi connectivity index (χ3n) is 6.52. The Morgan fingerprint density at radius 2 is 1.63 bits per heavy atom. The van der Waals surface area contributed by atoms with Crippen molar-refractivity contribution in [2.75, 3.05) is 20.3 Å². The summed E-state index contributed by atoms with van der Waals surface area (Å²) in [4.78, 5) is 39.0. The van der Waals surface area contributed by atoms with E-state index >= 15 is 0 Å². The van der Waals surface area contributed by atoms with E-state index in [2.05, 4.69) is 24.4 Å². The van der Waals surface area contributed by atoms with Crippen molar-refractivity contribution < 1.29 is 19.1 Å². The Morgan fingerprint density at radius 1 is 0.921 bits per heavy atom. The van der Waals surface area contributed by atoms with Gasteiger partial charge in [-0.3, -0.25) is 14.4 Å². The maximum atomic E-state index is 13.7. The van der Waals surface area contributed by atoms with Crippen LogP contribution in [0, 0.1) is 19.8 Å². The van der Waals surface area contributed by atoms with Gasteiger partial charge in [-0.2, -0.15) is 0 Å². The summed E-state index contributed by atoms with van der Waals surface area (Å²) in [5.41, 5.74) is 4.88. The van der Waals surface area contributed by atoms with Crippen LogP contribution in [-0.4, -0.2) is 36.8 Å². The predicted molar refractivity (Wildman–Crippen MR) is 149 cm³/mol. The molecule has 1 N–H and O–H groups in total. The zero-order chi connectivity index (χ0) is 27.7. The molecule has 1 amide bonds. The minimum absolute atomic E-state index is 0.0518. The van der Waals surface area contributed by atoms with Crippen molar-refractivity contribution in [1.29, 1.82) is 0 Å². The average molecular weight is 519 g/mol. The monoisotopic (exact) mass is 518 g/mol. The molecule has 0 aliphatic rings. The van der Waals surface area contributed by atoms with Crippen molar-refractivity contribution in [3.63, 3.8) is 0 Å². The van der Waals surface area contributed by atoms with Gasteiger partial charge in [-0.15, -0.1) is 0 Å². The number of aromatic nitrogens is 1. The van der Waals surface area contributed by atoms with Gasteiger partial charge in [0.05, 0.1) is 19.1 Å². The SMILES string of the molecule is COCCOC(=O)CC(NC(=O)C(CC(C)C)n1ccccc1=O)c1ccc(C)c(-c2ccccc2C)c1. The topological polar surface area (TPSA) is 86.6 Å². The number of rotatable bonds is 12. The summed E-state index contributed by atoms with van der Waals surface area (Å²) in [6.45, 7) is 8.53. The lowest BCUT2D eigenvalue weighted by Crippen LogP contribution is -2.40. The summed E-state index contributed by atoms with van der Waals surface area (Å²) in [7, 11) is 1.54. The van der Waals surface area contributed by atoms with Crippen LogP contribution in [-0.2, 0) is 19.1 Å². The van der Waals surface area contributed by atoms with Crippen LogP contribution < -0.4 is 10.9 Å². The Bertz CT molecular complexity index is 1300. The number of hydrogen-bond donors (Lipinski definition) is 1. The number of benzene rings is 2. The Labute approximate surface area is 224 Å². The molecular formula is C31H38N2O5. The number of methoxy groups -OCH3 is 1. The van der Waals surface area contributed by atoms with E-state index in [1.54, 1.807) is 18.3 Å². The van der Waals surface area contributed by atoms with Crippen molar-refractivity contribution in [2.24, 2.45) is 5.92 Å². The van der Waals surface area contributed by atoms with Gasteiger partial charge in [-0.25, -0.2) is 0 Å². The molecule has 1 aromatic heterocycles. The molecule has 0 saturated heterocycles. The zero-order valence-corrected chi connectivity index (χ0v) is 22.9. The van der Waals surface area contributed by atoms with E-state index in [4.69, 9.17) is 9.47 Å². The Hall–Kier alpha value is -3.71.